The highest BCUT2D eigenvalue weighted by molar-refractivity contribution is 5.94. The molecule has 0 spiro atoms. The van der Waals surface area contributed by atoms with Crippen LogP contribution in [0.5, 0.6) is 0 Å². The highest BCUT2D eigenvalue weighted by Crippen LogP contribution is 2.16. The molecule has 4 heteroatoms. The number of rotatable bonds is 6. The average Bonchev–Trinajstić information content (AvgIpc) is 2.29. The maximum atomic E-state index is 11.7. The zero-order valence-electron chi connectivity index (χ0n) is 11.3. The van der Waals surface area contributed by atoms with Crippen molar-refractivity contribution in [2.45, 2.75) is 33.3 Å². The molecule has 0 aromatic heterocycles. The van der Waals surface area contributed by atoms with Crippen molar-refractivity contribution in [3.8, 4) is 0 Å². The molecule has 3 N–H and O–H groups in total. The SMILES string of the molecule is CC(C)CC(C)OCC(=O)Nc1ccccc1N. The molecule has 0 saturated carbocycles. The fourth-order valence-electron chi connectivity index (χ4n) is 1.75. The number of carbonyl (C=O) groups excluding carboxylic acids is 1. The van der Waals surface area contributed by atoms with Crippen LogP contribution in [0.2, 0.25) is 0 Å². The van der Waals surface area contributed by atoms with Gasteiger partial charge in [0.15, 0.2) is 0 Å². The van der Waals surface area contributed by atoms with Crippen molar-refractivity contribution in [3.63, 3.8) is 0 Å². The summed E-state index contributed by atoms with van der Waals surface area (Å²) in [5, 5.41) is 2.73. The average molecular weight is 250 g/mol. The van der Waals surface area contributed by atoms with Gasteiger partial charge in [-0.15, -0.1) is 0 Å². The van der Waals surface area contributed by atoms with Crippen molar-refractivity contribution < 1.29 is 9.53 Å². The summed E-state index contributed by atoms with van der Waals surface area (Å²) in [6.45, 7) is 6.29. The van der Waals surface area contributed by atoms with E-state index in [0.717, 1.165) is 6.42 Å². The van der Waals surface area contributed by atoms with Gasteiger partial charge in [0, 0.05) is 0 Å². The van der Waals surface area contributed by atoms with Crippen molar-refractivity contribution in [2.24, 2.45) is 5.92 Å². The number of nitrogens with two attached hydrogens (primary N) is 1. The Balaban J connectivity index is 2.36. The van der Waals surface area contributed by atoms with E-state index in [4.69, 9.17) is 10.5 Å². The second kappa shape index (κ2) is 7.01. The molecule has 18 heavy (non-hydrogen) atoms. The van der Waals surface area contributed by atoms with Crippen LogP contribution >= 0.6 is 0 Å². The minimum absolute atomic E-state index is 0.0578. The second-order valence-corrected chi connectivity index (χ2v) is 4.89. The predicted molar refractivity (Wildman–Crippen MR) is 74.4 cm³/mol. The number of para-hydroxylation sites is 2. The summed E-state index contributed by atoms with van der Waals surface area (Å²) < 4.78 is 5.47. The van der Waals surface area contributed by atoms with Gasteiger partial charge in [-0.05, 0) is 31.4 Å². The van der Waals surface area contributed by atoms with Crippen LogP contribution in [0, 0.1) is 5.92 Å². The Bertz CT molecular complexity index is 391. The number of carbonyl (C=O) groups is 1. The van der Waals surface area contributed by atoms with E-state index in [0.29, 0.717) is 17.3 Å². The van der Waals surface area contributed by atoms with Gasteiger partial charge < -0.3 is 15.8 Å². The largest absolute Gasteiger partial charge is 0.397 e. The van der Waals surface area contributed by atoms with Crippen LogP contribution in [0.3, 0.4) is 0 Å². The molecule has 4 nitrogen and oxygen atoms in total. The third kappa shape index (κ3) is 5.19. The molecule has 0 aliphatic heterocycles. The minimum atomic E-state index is -0.177. The molecule has 1 amide bonds. The van der Waals surface area contributed by atoms with Gasteiger partial charge in [-0.2, -0.15) is 0 Å². The van der Waals surface area contributed by atoms with E-state index in [1.165, 1.54) is 0 Å². The number of hydrogen-bond acceptors (Lipinski definition) is 3. The molecule has 1 rings (SSSR count). The molecule has 1 unspecified atom stereocenters. The van der Waals surface area contributed by atoms with Crippen LogP contribution in [0.4, 0.5) is 11.4 Å². The molecule has 0 aliphatic carbocycles. The lowest BCUT2D eigenvalue weighted by atomic mass is 10.1. The maximum Gasteiger partial charge on any atom is 0.250 e. The van der Waals surface area contributed by atoms with Gasteiger partial charge in [0.25, 0.3) is 0 Å². The molecule has 0 fully saturated rings. The van der Waals surface area contributed by atoms with Gasteiger partial charge >= 0.3 is 0 Å². The summed E-state index contributed by atoms with van der Waals surface area (Å²) >= 11 is 0. The lowest BCUT2D eigenvalue weighted by molar-refractivity contribution is -0.122. The monoisotopic (exact) mass is 250 g/mol. The van der Waals surface area contributed by atoms with Crippen LogP contribution < -0.4 is 11.1 Å². The van der Waals surface area contributed by atoms with E-state index in [-0.39, 0.29) is 18.6 Å². The first kappa shape index (κ1) is 14.5. The van der Waals surface area contributed by atoms with Crippen LogP contribution in [-0.2, 0) is 9.53 Å². The number of anilines is 2. The summed E-state index contributed by atoms with van der Waals surface area (Å²) in [5.74, 6) is 0.385. The van der Waals surface area contributed by atoms with Gasteiger partial charge in [0.1, 0.15) is 6.61 Å². The number of amides is 1. The van der Waals surface area contributed by atoms with E-state index >= 15 is 0 Å². The Kier molecular flexibility index (Phi) is 5.65. The van der Waals surface area contributed by atoms with Crippen molar-refractivity contribution in [2.75, 3.05) is 17.7 Å². The van der Waals surface area contributed by atoms with Gasteiger partial charge in [-0.3, -0.25) is 4.79 Å². The fourth-order valence-corrected chi connectivity index (χ4v) is 1.75. The molecule has 0 radical (unpaired) electrons. The third-order valence-electron chi connectivity index (χ3n) is 2.54. The normalized spacial score (nSPS) is 12.4. The Morgan fingerprint density at radius 2 is 2.00 bits per heavy atom. The zero-order chi connectivity index (χ0) is 13.5. The Labute approximate surface area is 109 Å². The van der Waals surface area contributed by atoms with E-state index in [1.54, 1.807) is 12.1 Å². The van der Waals surface area contributed by atoms with Crippen LogP contribution in [0.15, 0.2) is 24.3 Å². The second-order valence-electron chi connectivity index (χ2n) is 4.89. The molecule has 1 aromatic rings. The Morgan fingerprint density at radius 1 is 1.33 bits per heavy atom. The minimum Gasteiger partial charge on any atom is -0.397 e. The fraction of sp³-hybridized carbons (Fsp3) is 0.500. The number of benzene rings is 1. The lowest BCUT2D eigenvalue weighted by Crippen LogP contribution is -2.23. The summed E-state index contributed by atoms with van der Waals surface area (Å²) in [4.78, 5) is 11.7. The predicted octanol–water partition coefficient (Wildman–Crippen LogP) is 2.66. The first-order valence-electron chi connectivity index (χ1n) is 6.25. The standard InChI is InChI=1S/C14H22N2O2/c1-10(2)8-11(3)18-9-14(17)16-13-7-5-4-6-12(13)15/h4-7,10-11H,8-9,15H2,1-3H3,(H,16,17). The number of hydrogen-bond donors (Lipinski definition) is 2. The molecular formula is C14H22N2O2. The molecule has 0 aliphatic rings. The first-order chi connectivity index (χ1) is 8.49. The van der Waals surface area contributed by atoms with E-state index in [2.05, 4.69) is 19.2 Å². The number of ether oxygens (including phenoxy) is 1. The van der Waals surface area contributed by atoms with E-state index < -0.39 is 0 Å². The molecule has 0 saturated heterocycles. The van der Waals surface area contributed by atoms with Crippen molar-refractivity contribution in [1.82, 2.24) is 0 Å². The Morgan fingerprint density at radius 3 is 2.61 bits per heavy atom. The molecular weight excluding hydrogens is 228 g/mol. The van der Waals surface area contributed by atoms with E-state index in [9.17, 15) is 4.79 Å². The summed E-state index contributed by atoms with van der Waals surface area (Å²) in [7, 11) is 0. The first-order valence-corrected chi connectivity index (χ1v) is 6.25. The van der Waals surface area contributed by atoms with Gasteiger partial charge in [-0.25, -0.2) is 0 Å². The van der Waals surface area contributed by atoms with E-state index in [1.807, 2.05) is 19.1 Å². The molecule has 100 valence electrons. The molecule has 0 heterocycles. The highest BCUT2D eigenvalue weighted by atomic mass is 16.5. The molecule has 1 aromatic carbocycles. The lowest BCUT2D eigenvalue weighted by Gasteiger charge is -2.15. The maximum absolute atomic E-state index is 11.7. The van der Waals surface area contributed by atoms with Crippen molar-refractivity contribution in [1.29, 1.82) is 0 Å². The number of nitrogen functional groups attached to an aromatic ring is 1. The van der Waals surface area contributed by atoms with Crippen molar-refractivity contribution in [3.05, 3.63) is 24.3 Å². The smallest absolute Gasteiger partial charge is 0.250 e. The summed E-state index contributed by atoms with van der Waals surface area (Å²) in [6.07, 6.45) is 1.03. The van der Waals surface area contributed by atoms with Crippen LogP contribution in [-0.4, -0.2) is 18.6 Å². The Hall–Kier alpha value is -1.55. The molecule has 1 atom stereocenters. The van der Waals surface area contributed by atoms with Gasteiger partial charge in [0.05, 0.1) is 17.5 Å². The summed E-state index contributed by atoms with van der Waals surface area (Å²) in [6, 6.07) is 7.17. The number of nitrogens with one attached hydrogen (secondary N) is 1. The topological polar surface area (TPSA) is 64.3 Å². The quantitative estimate of drug-likeness (QED) is 0.763. The van der Waals surface area contributed by atoms with Crippen LogP contribution in [0.1, 0.15) is 27.2 Å². The van der Waals surface area contributed by atoms with Gasteiger partial charge in [0.2, 0.25) is 5.91 Å². The van der Waals surface area contributed by atoms with Crippen molar-refractivity contribution >= 4 is 17.3 Å². The highest BCUT2D eigenvalue weighted by Gasteiger charge is 2.09. The zero-order valence-corrected chi connectivity index (χ0v) is 11.3. The van der Waals surface area contributed by atoms with Crippen LogP contribution in [0.25, 0.3) is 0 Å². The summed E-state index contributed by atoms with van der Waals surface area (Å²) in [5.41, 5.74) is 6.92. The third-order valence-corrected chi connectivity index (χ3v) is 2.54. The molecule has 0 bridgehead atoms. The van der Waals surface area contributed by atoms with Gasteiger partial charge in [-0.1, -0.05) is 26.0 Å².